The van der Waals surface area contributed by atoms with Crippen LogP contribution in [0.25, 0.3) is 6.08 Å². The van der Waals surface area contributed by atoms with Gasteiger partial charge in [-0.3, -0.25) is 4.79 Å². The van der Waals surface area contributed by atoms with Crippen LogP contribution in [0.5, 0.6) is 0 Å². The number of hydrogen-bond donors (Lipinski definition) is 1. The van der Waals surface area contributed by atoms with Gasteiger partial charge in [-0.25, -0.2) is 0 Å². The van der Waals surface area contributed by atoms with Gasteiger partial charge in [-0.2, -0.15) is 8.42 Å². The number of likely N-dealkylation sites (tertiary alicyclic amines) is 1. The fourth-order valence-corrected chi connectivity index (χ4v) is 4.10. The Morgan fingerprint density at radius 1 is 1.26 bits per heavy atom. The number of nitrogens with zero attached hydrogens (tertiary/aromatic N) is 2. The van der Waals surface area contributed by atoms with Crippen LogP contribution in [0.3, 0.4) is 0 Å². The first-order valence-electron chi connectivity index (χ1n) is 8.23. The van der Waals surface area contributed by atoms with Crippen LogP contribution >= 0.6 is 22.6 Å². The minimum absolute atomic E-state index is 0.0917. The zero-order chi connectivity index (χ0) is 19.4. The van der Waals surface area contributed by atoms with Crippen LogP contribution in [0.2, 0.25) is 0 Å². The van der Waals surface area contributed by atoms with Gasteiger partial charge >= 0.3 is 0 Å². The molecule has 1 aliphatic heterocycles. The van der Waals surface area contributed by atoms with Crippen molar-refractivity contribution >= 4 is 56.1 Å². The van der Waals surface area contributed by atoms with E-state index in [0.717, 1.165) is 16.7 Å². The van der Waals surface area contributed by atoms with Gasteiger partial charge in [-0.05, 0) is 71.5 Å². The van der Waals surface area contributed by atoms with E-state index < -0.39 is 10.0 Å². The molecule has 1 aromatic carbocycles. The Morgan fingerprint density at radius 2 is 2.00 bits per heavy atom. The lowest BCUT2D eigenvalue weighted by molar-refractivity contribution is -0.111. The summed E-state index contributed by atoms with van der Waals surface area (Å²) in [4.78, 5) is 13.9. The van der Waals surface area contributed by atoms with E-state index in [1.165, 1.54) is 30.3 Å². The maximum Gasteiger partial charge on any atom is 0.283 e. The number of anilines is 1. The Morgan fingerprint density at radius 3 is 2.59 bits per heavy atom. The fourth-order valence-electron chi connectivity index (χ4n) is 2.57. The fraction of sp³-hybridized carbons (Fsp3) is 0.222. The van der Waals surface area contributed by atoms with Crippen LogP contribution < -0.4 is 5.32 Å². The SMILES string of the molecule is CN1CCC/C1=N\S(=O)(=O)c1ccc(NC(=O)/C=C/c2ccc(I)o2)cc1. The second-order valence-electron chi connectivity index (χ2n) is 6.00. The summed E-state index contributed by atoms with van der Waals surface area (Å²) in [5.41, 5.74) is 0.489. The smallest absolute Gasteiger partial charge is 0.283 e. The Bertz CT molecular complexity index is 994. The Balaban J connectivity index is 1.66. The summed E-state index contributed by atoms with van der Waals surface area (Å²) in [7, 11) is -1.93. The topological polar surface area (TPSA) is 92.0 Å². The molecule has 0 atom stereocenters. The number of sulfonamides is 1. The van der Waals surface area contributed by atoms with Crippen LogP contribution in [0.15, 0.2) is 56.2 Å². The number of hydrogen-bond acceptors (Lipinski definition) is 4. The number of rotatable bonds is 5. The highest BCUT2D eigenvalue weighted by atomic mass is 127. The lowest BCUT2D eigenvalue weighted by atomic mass is 10.3. The van der Waals surface area contributed by atoms with Crippen molar-refractivity contribution in [2.24, 2.45) is 4.40 Å². The number of furan rings is 1. The molecule has 1 fully saturated rings. The molecule has 9 heteroatoms. The molecule has 2 aromatic rings. The van der Waals surface area contributed by atoms with Gasteiger partial charge < -0.3 is 14.6 Å². The van der Waals surface area contributed by atoms with Crippen molar-refractivity contribution in [1.82, 2.24) is 4.90 Å². The molecule has 1 aliphatic rings. The summed E-state index contributed by atoms with van der Waals surface area (Å²) in [6, 6.07) is 9.49. The monoisotopic (exact) mass is 499 g/mol. The Hall–Kier alpha value is -2.14. The van der Waals surface area contributed by atoms with Crippen molar-refractivity contribution in [1.29, 1.82) is 0 Å². The third-order valence-corrected chi connectivity index (χ3v) is 5.87. The molecule has 1 amide bonds. The van der Waals surface area contributed by atoms with Gasteiger partial charge in [0.15, 0.2) is 3.77 Å². The standard InChI is InChI=1S/C18H18IN3O4S/c1-22-12-2-3-17(22)21-27(24,25)15-8-4-13(5-9-15)20-18(23)11-7-14-6-10-16(19)26-14/h4-11H,2-3,12H2,1H3,(H,20,23)/b11-7+,21-17+. The van der Waals surface area contributed by atoms with Crippen LogP contribution in [-0.2, 0) is 14.8 Å². The second-order valence-corrected chi connectivity index (χ2v) is 8.66. The summed E-state index contributed by atoms with van der Waals surface area (Å²) in [5, 5.41) is 2.67. The highest BCUT2D eigenvalue weighted by molar-refractivity contribution is 14.1. The van der Waals surface area contributed by atoms with Crippen molar-refractivity contribution in [3.05, 3.63) is 52.0 Å². The quantitative estimate of drug-likeness (QED) is 0.504. The first-order valence-corrected chi connectivity index (χ1v) is 10.7. The number of benzene rings is 1. The number of carbonyl (C=O) groups is 1. The zero-order valence-electron chi connectivity index (χ0n) is 14.6. The summed E-state index contributed by atoms with van der Waals surface area (Å²) < 4.78 is 34.8. The number of nitrogens with one attached hydrogen (secondary N) is 1. The molecular weight excluding hydrogens is 481 g/mol. The summed E-state index contributed by atoms with van der Waals surface area (Å²) in [6.07, 6.45) is 4.47. The number of amidine groups is 1. The van der Waals surface area contributed by atoms with E-state index in [1.54, 1.807) is 18.2 Å². The van der Waals surface area contributed by atoms with Gasteiger partial charge in [0.2, 0.25) is 5.91 Å². The van der Waals surface area contributed by atoms with E-state index in [9.17, 15) is 13.2 Å². The third kappa shape index (κ3) is 5.19. The van der Waals surface area contributed by atoms with E-state index >= 15 is 0 Å². The number of halogens is 1. The van der Waals surface area contributed by atoms with Crippen LogP contribution in [0.1, 0.15) is 18.6 Å². The molecule has 2 heterocycles. The Labute approximate surface area is 171 Å². The molecule has 1 aromatic heterocycles. The molecule has 0 spiro atoms. The number of amides is 1. The number of carbonyl (C=O) groups excluding carboxylic acids is 1. The molecule has 0 unspecified atom stereocenters. The molecule has 0 bridgehead atoms. The van der Waals surface area contributed by atoms with E-state index in [1.807, 2.05) is 34.5 Å². The first kappa shape index (κ1) is 19.6. The van der Waals surface area contributed by atoms with Gasteiger partial charge in [0.05, 0.1) is 4.90 Å². The molecular formula is C18H18IN3O4S. The Kier molecular flexibility index (Phi) is 6.00. The highest BCUT2D eigenvalue weighted by Gasteiger charge is 2.20. The largest absolute Gasteiger partial charge is 0.451 e. The lowest BCUT2D eigenvalue weighted by Gasteiger charge is -2.11. The van der Waals surface area contributed by atoms with Crippen molar-refractivity contribution in [2.45, 2.75) is 17.7 Å². The minimum atomic E-state index is -3.76. The zero-order valence-corrected chi connectivity index (χ0v) is 17.5. The average Bonchev–Trinajstić information content (AvgIpc) is 3.22. The highest BCUT2D eigenvalue weighted by Crippen LogP contribution is 2.19. The van der Waals surface area contributed by atoms with Gasteiger partial charge in [0.25, 0.3) is 10.0 Å². The molecule has 0 aliphatic carbocycles. The van der Waals surface area contributed by atoms with Crippen molar-refractivity contribution in [2.75, 3.05) is 18.9 Å². The van der Waals surface area contributed by atoms with Crippen LogP contribution in [0, 0.1) is 3.77 Å². The van der Waals surface area contributed by atoms with Crippen molar-refractivity contribution < 1.29 is 17.6 Å². The average molecular weight is 499 g/mol. The molecule has 0 saturated carbocycles. The molecule has 142 valence electrons. The van der Waals surface area contributed by atoms with Crippen molar-refractivity contribution in [3.8, 4) is 0 Å². The maximum absolute atomic E-state index is 12.4. The summed E-state index contributed by atoms with van der Waals surface area (Å²) in [5.74, 6) is 0.807. The van der Waals surface area contributed by atoms with E-state index in [4.69, 9.17) is 4.42 Å². The van der Waals surface area contributed by atoms with Gasteiger partial charge in [-0.15, -0.1) is 4.40 Å². The van der Waals surface area contributed by atoms with E-state index in [2.05, 4.69) is 9.71 Å². The van der Waals surface area contributed by atoms with Crippen LogP contribution in [-0.4, -0.2) is 38.7 Å². The van der Waals surface area contributed by atoms with Crippen molar-refractivity contribution in [3.63, 3.8) is 0 Å². The summed E-state index contributed by atoms with van der Waals surface area (Å²) in [6.45, 7) is 0.810. The van der Waals surface area contributed by atoms with Gasteiger partial charge in [-0.1, -0.05) is 0 Å². The predicted molar refractivity (Wildman–Crippen MR) is 112 cm³/mol. The lowest BCUT2D eigenvalue weighted by Crippen LogP contribution is -2.20. The molecule has 1 N–H and O–H groups in total. The van der Waals surface area contributed by atoms with Gasteiger partial charge in [0.1, 0.15) is 11.6 Å². The molecule has 3 rings (SSSR count). The molecule has 0 radical (unpaired) electrons. The van der Waals surface area contributed by atoms with Gasteiger partial charge in [0, 0.05) is 31.8 Å². The molecule has 1 saturated heterocycles. The third-order valence-electron chi connectivity index (χ3n) is 3.97. The summed E-state index contributed by atoms with van der Waals surface area (Å²) >= 11 is 2.04. The molecule has 7 nitrogen and oxygen atoms in total. The molecule has 27 heavy (non-hydrogen) atoms. The minimum Gasteiger partial charge on any atom is -0.451 e. The predicted octanol–water partition coefficient (Wildman–Crippen LogP) is 3.35. The second kappa shape index (κ2) is 8.26. The first-order chi connectivity index (χ1) is 12.8. The van der Waals surface area contributed by atoms with Crippen LogP contribution in [0.4, 0.5) is 5.69 Å². The maximum atomic E-state index is 12.4. The van der Waals surface area contributed by atoms with E-state index in [-0.39, 0.29) is 10.8 Å². The van der Waals surface area contributed by atoms with E-state index in [0.29, 0.717) is 23.7 Å². The normalized spacial score (nSPS) is 16.4.